The minimum Gasteiger partial charge on any atom is -0.356 e. The summed E-state index contributed by atoms with van der Waals surface area (Å²) in [7, 11) is 0. The van der Waals surface area contributed by atoms with Crippen molar-refractivity contribution in [1.29, 1.82) is 0 Å². The SMILES string of the molecule is CCCN(CCC)c1nc(Cl)nc2sc3c(c12)CCC(C(C)(C)C)C3. The third-order valence-electron chi connectivity index (χ3n) is 5.37. The number of halogens is 1. The topological polar surface area (TPSA) is 29.0 Å². The molecule has 2 aromatic heterocycles. The van der Waals surface area contributed by atoms with Crippen LogP contribution in [-0.4, -0.2) is 23.1 Å². The van der Waals surface area contributed by atoms with Crippen LogP contribution >= 0.6 is 22.9 Å². The third kappa shape index (κ3) is 3.80. The van der Waals surface area contributed by atoms with Crippen molar-refractivity contribution in [3.8, 4) is 0 Å². The number of aryl methyl sites for hydroxylation is 1. The summed E-state index contributed by atoms with van der Waals surface area (Å²) in [5, 5.41) is 1.66. The second kappa shape index (κ2) is 7.40. The van der Waals surface area contributed by atoms with Crippen molar-refractivity contribution in [2.45, 2.75) is 66.7 Å². The maximum Gasteiger partial charge on any atom is 0.225 e. The van der Waals surface area contributed by atoms with E-state index in [-0.39, 0.29) is 0 Å². The van der Waals surface area contributed by atoms with Gasteiger partial charge in [-0.2, -0.15) is 4.98 Å². The Balaban J connectivity index is 2.09. The summed E-state index contributed by atoms with van der Waals surface area (Å²) in [6.45, 7) is 13.6. The first-order valence-corrected chi connectivity index (χ1v) is 10.8. The average molecular weight is 380 g/mol. The molecule has 5 heteroatoms. The Bertz CT molecular complexity index is 741. The standard InChI is InChI=1S/C20H30ClN3S/c1-6-10-24(11-7-2)17-16-14-9-8-13(20(3,4)5)12-15(14)25-18(16)23-19(21)22-17/h13H,6-12H2,1-5H3. The number of nitrogens with zero attached hydrogens (tertiary/aromatic N) is 3. The summed E-state index contributed by atoms with van der Waals surface area (Å²) in [5.74, 6) is 1.80. The maximum absolute atomic E-state index is 6.29. The van der Waals surface area contributed by atoms with E-state index in [1.807, 2.05) is 11.3 Å². The minimum absolute atomic E-state index is 0.358. The molecule has 2 heterocycles. The van der Waals surface area contributed by atoms with E-state index >= 15 is 0 Å². The molecule has 1 atom stereocenters. The zero-order valence-corrected chi connectivity index (χ0v) is 17.7. The summed E-state index contributed by atoms with van der Waals surface area (Å²) in [6, 6.07) is 0. The van der Waals surface area contributed by atoms with Gasteiger partial charge in [-0.1, -0.05) is 34.6 Å². The maximum atomic E-state index is 6.29. The highest BCUT2D eigenvalue weighted by atomic mass is 35.5. The summed E-state index contributed by atoms with van der Waals surface area (Å²) in [6.07, 6.45) is 5.79. The zero-order valence-electron chi connectivity index (χ0n) is 16.2. The second-order valence-electron chi connectivity index (χ2n) is 8.29. The van der Waals surface area contributed by atoms with Gasteiger partial charge in [-0.15, -0.1) is 11.3 Å². The lowest BCUT2D eigenvalue weighted by Crippen LogP contribution is -2.27. The fourth-order valence-electron chi connectivity index (χ4n) is 3.96. The van der Waals surface area contributed by atoms with Crippen molar-refractivity contribution in [3.63, 3.8) is 0 Å². The summed E-state index contributed by atoms with van der Waals surface area (Å²) < 4.78 is 0. The summed E-state index contributed by atoms with van der Waals surface area (Å²) in [4.78, 5) is 14.2. The van der Waals surface area contributed by atoms with E-state index in [1.165, 1.54) is 28.7 Å². The van der Waals surface area contributed by atoms with Gasteiger partial charge in [0.1, 0.15) is 10.6 Å². The highest BCUT2D eigenvalue weighted by Crippen LogP contribution is 2.45. The monoisotopic (exact) mass is 379 g/mol. The van der Waals surface area contributed by atoms with Crippen LogP contribution in [0, 0.1) is 11.3 Å². The fraction of sp³-hybridized carbons (Fsp3) is 0.700. The van der Waals surface area contributed by atoms with Crippen molar-refractivity contribution >= 4 is 39.0 Å². The number of fused-ring (bicyclic) bond motifs is 3. The molecule has 0 saturated carbocycles. The summed E-state index contributed by atoms with van der Waals surface area (Å²) in [5.41, 5.74) is 1.85. The van der Waals surface area contributed by atoms with Gasteiger partial charge in [0.25, 0.3) is 0 Å². The molecule has 25 heavy (non-hydrogen) atoms. The number of hydrogen-bond donors (Lipinski definition) is 0. The first-order valence-electron chi connectivity index (χ1n) is 9.57. The van der Waals surface area contributed by atoms with Crippen LogP contribution in [0.5, 0.6) is 0 Å². The molecule has 0 radical (unpaired) electrons. The highest BCUT2D eigenvalue weighted by molar-refractivity contribution is 7.19. The molecule has 0 aromatic carbocycles. The first kappa shape index (κ1) is 18.9. The molecule has 3 rings (SSSR count). The van der Waals surface area contributed by atoms with Crippen LogP contribution in [0.1, 0.15) is 64.3 Å². The predicted octanol–water partition coefficient (Wildman–Crippen LogP) is 6.12. The van der Waals surface area contributed by atoms with Crippen molar-refractivity contribution in [2.24, 2.45) is 11.3 Å². The van der Waals surface area contributed by atoms with Gasteiger partial charge < -0.3 is 4.90 Å². The lowest BCUT2D eigenvalue weighted by atomic mass is 9.72. The van der Waals surface area contributed by atoms with E-state index in [9.17, 15) is 0 Å². The van der Waals surface area contributed by atoms with Crippen LogP contribution < -0.4 is 4.90 Å². The largest absolute Gasteiger partial charge is 0.356 e. The van der Waals surface area contributed by atoms with Gasteiger partial charge in [0.2, 0.25) is 5.28 Å². The van der Waals surface area contributed by atoms with E-state index in [1.54, 1.807) is 0 Å². The lowest BCUT2D eigenvalue weighted by molar-refractivity contribution is 0.218. The van der Waals surface area contributed by atoms with Gasteiger partial charge in [0.05, 0.1) is 5.39 Å². The van der Waals surface area contributed by atoms with E-state index in [2.05, 4.69) is 49.5 Å². The van der Waals surface area contributed by atoms with Gasteiger partial charge >= 0.3 is 0 Å². The second-order valence-corrected chi connectivity index (χ2v) is 9.71. The van der Waals surface area contributed by atoms with E-state index in [4.69, 9.17) is 11.6 Å². The molecule has 2 aromatic rings. The number of thiophene rings is 1. The molecule has 0 aliphatic heterocycles. The Morgan fingerprint density at radius 1 is 1.16 bits per heavy atom. The molecule has 1 aliphatic carbocycles. The van der Waals surface area contributed by atoms with Gasteiger partial charge in [-0.05, 0) is 60.6 Å². The van der Waals surface area contributed by atoms with Crippen LogP contribution in [0.4, 0.5) is 5.82 Å². The molecule has 1 unspecified atom stereocenters. The van der Waals surface area contributed by atoms with Crippen LogP contribution in [0.3, 0.4) is 0 Å². The average Bonchev–Trinajstić information content (AvgIpc) is 2.90. The number of aromatic nitrogens is 2. The molecule has 0 N–H and O–H groups in total. The molecular formula is C20H30ClN3S. The molecule has 0 saturated heterocycles. The lowest BCUT2D eigenvalue weighted by Gasteiger charge is -2.34. The molecule has 0 amide bonds. The summed E-state index contributed by atoms with van der Waals surface area (Å²) >= 11 is 8.13. The quantitative estimate of drug-likeness (QED) is 0.585. The van der Waals surface area contributed by atoms with Crippen LogP contribution in [0.25, 0.3) is 10.2 Å². The molecule has 3 nitrogen and oxygen atoms in total. The Morgan fingerprint density at radius 3 is 2.44 bits per heavy atom. The Hall–Kier alpha value is -0.870. The van der Waals surface area contributed by atoms with Gasteiger partial charge in [0.15, 0.2) is 0 Å². The Morgan fingerprint density at radius 2 is 1.84 bits per heavy atom. The smallest absolute Gasteiger partial charge is 0.225 e. The molecular weight excluding hydrogens is 350 g/mol. The van der Waals surface area contributed by atoms with Crippen LogP contribution in [-0.2, 0) is 12.8 Å². The van der Waals surface area contributed by atoms with Crippen molar-refractivity contribution in [2.75, 3.05) is 18.0 Å². The number of anilines is 1. The van der Waals surface area contributed by atoms with Crippen LogP contribution in [0.15, 0.2) is 0 Å². The van der Waals surface area contributed by atoms with Gasteiger partial charge in [-0.3, -0.25) is 0 Å². The van der Waals surface area contributed by atoms with Crippen molar-refractivity contribution in [3.05, 3.63) is 15.7 Å². The van der Waals surface area contributed by atoms with E-state index in [0.29, 0.717) is 10.7 Å². The number of hydrogen-bond acceptors (Lipinski definition) is 4. The third-order valence-corrected chi connectivity index (χ3v) is 6.69. The first-order chi connectivity index (χ1) is 11.8. The van der Waals surface area contributed by atoms with Crippen molar-refractivity contribution in [1.82, 2.24) is 9.97 Å². The van der Waals surface area contributed by atoms with Crippen molar-refractivity contribution < 1.29 is 0 Å². The Kier molecular flexibility index (Phi) is 5.60. The molecule has 138 valence electrons. The normalized spacial score (nSPS) is 17.8. The highest BCUT2D eigenvalue weighted by Gasteiger charge is 2.32. The van der Waals surface area contributed by atoms with Crippen LogP contribution in [0.2, 0.25) is 5.28 Å². The van der Waals surface area contributed by atoms with E-state index < -0.39 is 0 Å². The zero-order chi connectivity index (χ0) is 18.2. The minimum atomic E-state index is 0.358. The fourth-order valence-corrected chi connectivity index (χ4v) is 5.47. The molecule has 0 fully saturated rings. The van der Waals surface area contributed by atoms with Gasteiger partial charge in [0, 0.05) is 18.0 Å². The Labute approximate surface area is 160 Å². The predicted molar refractivity (Wildman–Crippen MR) is 110 cm³/mol. The molecule has 0 bridgehead atoms. The number of rotatable bonds is 5. The molecule has 0 spiro atoms. The molecule has 1 aliphatic rings. The van der Waals surface area contributed by atoms with Gasteiger partial charge in [-0.25, -0.2) is 4.98 Å². The van der Waals surface area contributed by atoms with E-state index in [0.717, 1.165) is 48.9 Å².